The molecule has 0 aliphatic heterocycles. The van der Waals surface area contributed by atoms with Crippen molar-refractivity contribution in [2.45, 2.75) is 19.8 Å². The topological polar surface area (TPSA) is 104 Å². The van der Waals surface area contributed by atoms with Gasteiger partial charge in [-0.25, -0.2) is 0 Å². The number of hydrogen-bond donors (Lipinski definition) is 4. The Morgan fingerprint density at radius 3 is 3.10 bits per heavy atom. The third-order valence-electron chi connectivity index (χ3n) is 3.27. The number of nitrogens with two attached hydrogens (primary N) is 1. The van der Waals surface area contributed by atoms with E-state index in [1.54, 1.807) is 18.2 Å². The van der Waals surface area contributed by atoms with Gasteiger partial charge in [0.15, 0.2) is 5.69 Å². The molecule has 0 spiro atoms. The minimum Gasteiger partial charge on any atom is -0.399 e. The summed E-state index contributed by atoms with van der Waals surface area (Å²) in [7, 11) is 0. The van der Waals surface area contributed by atoms with Crippen molar-refractivity contribution in [3.8, 4) is 0 Å². The normalized spacial score (nSPS) is 12.5. The highest BCUT2D eigenvalue weighted by molar-refractivity contribution is 6.05. The molecule has 20 heavy (non-hydrogen) atoms. The lowest BCUT2D eigenvalue weighted by atomic mass is 10.1. The molecule has 2 aromatic rings. The van der Waals surface area contributed by atoms with Crippen molar-refractivity contribution >= 4 is 22.5 Å². The van der Waals surface area contributed by atoms with Gasteiger partial charge in [0.05, 0.1) is 5.52 Å². The summed E-state index contributed by atoms with van der Waals surface area (Å²) in [5.41, 5.74) is 7.48. The van der Waals surface area contributed by atoms with Crippen LogP contribution in [0.1, 0.15) is 30.3 Å². The number of nitrogens with one attached hydrogen (secondary N) is 2. The van der Waals surface area contributed by atoms with Gasteiger partial charge in [0.25, 0.3) is 5.91 Å². The summed E-state index contributed by atoms with van der Waals surface area (Å²) in [6.45, 7) is 2.73. The minimum atomic E-state index is -0.210. The molecule has 0 aliphatic rings. The Balaban J connectivity index is 1.96. The van der Waals surface area contributed by atoms with Crippen molar-refractivity contribution in [1.82, 2.24) is 15.5 Å². The molecule has 1 aromatic heterocycles. The van der Waals surface area contributed by atoms with E-state index in [0.29, 0.717) is 17.9 Å². The summed E-state index contributed by atoms with van der Waals surface area (Å²) >= 11 is 0. The molecule has 0 radical (unpaired) electrons. The first-order chi connectivity index (χ1) is 9.61. The zero-order valence-electron chi connectivity index (χ0n) is 11.5. The molecule has 0 fully saturated rings. The molecule has 0 bridgehead atoms. The number of nitrogens with zero attached hydrogens (tertiary/aromatic N) is 1. The molecule has 6 nitrogen and oxygen atoms in total. The van der Waals surface area contributed by atoms with Crippen LogP contribution in [0.5, 0.6) is 0 Å². The first-order valence-corrected chi connectivity index (χ1v) is 6.74. The number of aromatic nitrogens is 2. The number of carbonyl (C=O) groups is 1. The van der Waals surface area contributed by atoms with Crippen LogP contribution in [0.25, 0.3) is 10.9 Å². The van der Waals surface area contributed by atoms with Gasteiger partial charge >= 0.3 is 0 Å². The summed E-state index contributed by atoms with van der Waals surface area (Å²) in [4.78, 5) is 12.1. The summed E-state index contributed by atoms with van der Waals surface area (Å²) in [6, 6.07) is 5.30. The summed E-state index contributed by atoms with van der Waals surface area (Å²) < 4.78 is 0. The number of aliphatic hydroxyl groups excluding tert-OH is 1. The van der Waals surface area contributed by atoms with Crippen LogP contribution in [0, 0.1) is 5.92 Å². The number of benzene rings is 1. The monoisotopic (exact) mass is 276 g/mol. The number of carbonyl (C=O) groups excluding carboxylic acids is 1. The number of H-pyrrole nitrogens is 1. The fourth-order valence-corrected chi connectivity index (χ4v) is 2.03. The Morgan fingerprint density at radius 2 is 2.35 bits per heavy atom. The van der Waals surface area contributed by atoms with Gasteiger partial charge in [-0.1, -0.05) is 6.92 Å². The second-order valence-corrected chi connectivity index (χ2v) is 5.06. The Kier molecular flexibility index (Phi) is 4.57. The van der Waals surface area contributed by atoms with Gasteiger partial charge in [-0.2, -0.15) is 5.10 Å². The third-order valence-corrected chi connectivity index (χ3v) is 3.27. The second kappa shape index (κ2) is 6.38. The molecule has 1 aromatic carbocycles. The van der Waals surface area contributed by atoms with Crippen LogP contribution in [-0.4, -0.2) is 34.4 Å². The largest absolute Gasteiger partial charge is 0.399 e. The van der Waals surface area contributed by atoms with E-state index in [9.17, 15) is 4.79 Å². The van der Waals surface area contributed by atoms with E-state index in [0.717, 1.165) is 23.7 Å². The smallest absolute Gasteiger partial charge is 0.272 e. The lowest BCUT2D eigenvalue weighted by Crippen LogP contribution is -2.25. The molecule has 108 valence electrons. The predicted octanol–water partition coefficient (Wildman–Crippen LogP) is 1.28. The molecular weight excluding hydrogens is 256 g/mol. The predicted molar refractivity (Wildman–Crippen MR) is 78.3 cm³/mol. The molecule has 0 saturated carbocycles. The van der Waals surface area contributed by atoms with Crippen LogP contribution in [-0.2, 0) is 0 Å². The Bertz CT molecular complexity index is 594. The van der Waals surface area contributed by atoms with Crippen molar-refractivity contribution in [3.05, 3.63) is 23.9 Å². The molecule has 6 heteroatoms. The van der Waals surface area contributed by atoms with Crippen LogP contribution in [0.3, 0.4) is 0 Å². The van der Waals surface area contributed by atoms with Crippen LogP contribution < -0.4 is 11.1 Å². The number of hydrogen-bond acceptors (Lipinski definition) is 4. The van der Waals surface area contributed by atoms with Gasteiger partial charge in [0, 0.05) is 24.2 Å². The number of aromatic amines is 1. The van der Waals surface area contributed by atoms with Crippen LogP contribution in [0.2, 0.25) is 0 Å². The average Bonchev–Trinajstić information content (AvgIpc) is 2.86. The van der Waals surface area contributed by atoms with Crippen molar-refractivity contribution in [1.29, 1.82) is 0 Å². The molecular formula is C14H20N4O2. The van der Waals surface area contributed by atoms with Gasteiger partial charge in [-0.3, -0.25) is 9.89 Å². The van der Waals surface area contributed by atoms with E-state index in [2.05, 4.69) is 15.5 Å². The van der Waals surface area contributed by atoms with Gasteiger partial charge in [0.1, 0.15) is 0 Å². The number of fused-ring (bicyclic) bond motifs is 1. The minimum absolute atomic E-state index is 0.178. The van der Waals surface area contributed by atoms with E-state index in [-0.39, 0.29) is 18.4 Å². The Hall–Kier alpha value is -2.08. The fraction of sp³-hybridized carbons (Fsp3) is 0.429. The number of anilines is 1. The molecule has 1 amide bonds. The number of aliphatic hydroxyl groups is 1. The zero-order valence-corrected chi connectivity index (χ0v) is 11.5. The zero-order chi connectivity index (χ0) is 14.5. The van der Waals surface area contributed by atoms with Crippen molar-refractivity contribution in [2.24, 2.45) is 5.92 Å². The first kappa shape index (κ1) is 14.3. The Labute approximate surface area is 117 Å². The summed E-state index contributed by atoms with van der Waals surface area (Å²) in [5.74, 6) is 0.0522. The van der Waals surface area contributed by atoms with E-state index in [1.807, 2.05) is 6.92 Å². The molecule has 1 unspecified atom stereocenters. The maximum atomic E-state index is 12.1. The first-order valence-electron chi connectivity index (χ1n) is 6.74. The maximum absolute atomic E-state index is 12.1. The van der Waals surface area contributed by atoms with Gasteiger partial charge in [0.2, 0.25) is 0 Å². The van der Waals surface area contributed by atoms with Crippen molar-refractivity contribution in [2.75, 3.05) is 18.9 Å². The molecule has 5 N–H and O–H groups in total. The molecule has 2 rings (SSSR count). The van der Waals surface area contributed by atoms with Crippen LogP contribution >= 0.6 is 0 Å². The van der Waals surface area contributed by atoms with Gasteiger partial charge in [-0.05, 0) is 37.0 Å². The molecule has 1 atom stereocenters. The van der Waals surface area contributed by atoms with E-state index in [4.69, 9.17) is 10.8 Å². The van der Waals surface area contributed by atoms with Crippen LogP contribution in [0.4, 0.5) is 5.69 Å². The fourth-order valence-electron chi connectivity index (χ4n) is 2.03. The van der Waals surface area contributed by atoms with Crippen LogP contribution in [0.15, 0.2) is 18.2 Å². The molecule has 0 aliphatic carbocycles. The number of nitrogen functional groups attached to an aromatic ring is 1. The highest BCUT2D eigenvalue weighted by Crippen LogP contribution is 2.18. The van der Waals surface area contributed by atoms with Gasteiger partial charge in [-0.15, -0.1) is 0 Å². The highest BCUT2D eigenvalue weighted by Gasteiger charge is 2.13. The molecule has 0 saturated heterocycles. The second-order valence-electron chi connectivity index (χ2n) is 5.06. The average molecular weight is 276 g/mol. The standard InChI is InChI=1S/C14H20N4O2/c1-9(8-19)3-2-6-16-14(20)13-11-7-10(15)4-5-12(11)17-18-13/h4-5,7,9,19H,2-3,6,8,15H2,1H3,(H,16,20)(H,17,18). The highest BCUT2D eigenvalue weighted by atomic mass is 16.3. The Morgan fingerprint density at radius 1 is 1.55 bits per heavy atom. The van der Waals surface area contributed by atoms with E-state index in [1.165, 1.54) is 0 Å². The quantitative estimate of drug-likeness (QED) is 0.471. The summed E-state index contributed by atoms with van der Waals surface area (Å²) in [5, 5.41) is 19.3. The third kappa shape index (κ3) is 3.27. The van der Waals surface area contributed by atoms with E-state index < -0.39 is 0 Å². The van der Waals surface area contributed by atoms with Crippen molar-refractivity contribution in [3.63, 3.8) is 0 Å². The van der Waals surface area contributed by atoms with E-state index >= 15 is 0 Å². The summed E-state index contributed by atoms with van der Waals surface area (Å²) in [6.07, 6.45) is 1.71. The number of amides is 1. The number of rotatable bonds is 6. The van der Waals surface area contributed by atoms with Crippen molar-refractivity contribution < 1.29 is 9.90 Å². The van der Waals surface area contributed by atoms with Gasteiger partial charge < -0.3 is 16.2 Å². The lowest BCUT2D eigenvalue weighted by molar-refractivity contribution is 0.0948. The SMILES string of the molecule is CC(CO)CCCNC(=O)c1n[nH]c2ccc(N)cc12. The lowest BCUT2D eigenvalue weighted by Gasteiger charge is -2.07. The molecule has 1 heterocycles. The maximum Gasteiger partial charge on any atom is 0.272 e.